The summed E-state index contributed by atoms with van der Waals surface area (Å²) in [6.45, 7) is 6.92. The number of rotatable bonds is 7. The van der Waals surface area contributed by atoms with Crippen LogP contribution in [0.4, 0.5) is 11.6 Å². The van der Waals surface area contributed by atoms with Crippen molar-refractivity contribution >= 4 is 17.5 Å². The third kappa shape index (κ3) is 4.65. The van der Waals surface area contributed by atoms with Crippen LogP contribution in [-0.2, 0) is 9.53 Å². The molecule has 1 rings (SSSR count). The second-order valence-electron chi connectivity index (χ2n) is 4.79. The Labute approximate surface area is 119 Å². The van der Waals surface area contributed by atoms with Crippen molar-refractivity contribution in [3.63, 3.8) is 0 Å². The van der Waals surface area contributed by atoms with Crippen LogP contribution in [-0.4, -0.2) is 42.7 Å². The van der Waals surface area contributed by atoms with Gasteiger partial charge in [-0.15, -0.1) is 0 Å². The molecule has 0 fully saturated rings. The van der Waals surface area contributed by atoms with Crippen molar-refractivity contribution in [1.82, 2.24) is 15.3 Å². The standard InChI is InChI=1S/C13H23N5O2/c1-8(2)12-17-11(14)9(3)13(18-12)16-7-10(19)15-5-6-20-4/h8H,5-7H2,1-4H3,(H,15,19)(H3,14,16,17,18). The normalized spacial score (nSPS) is 10.7. The number of amides is 1. The minimum Gasteiger partial charge on any atom is -0.383 e. The van der Waals surface area contributed by atoms with Gasteiger partial charge in [-0.05, 0) is 6.92 Å². The molecule has 112 valence electrons. The van der Waals surface area contributed by atoms with Crippen LogP contribution in [0.15, 0.2) is 0 Å². The molecule has 4 N–H and O–H groups in total. The molecule has 1 aromatic heterocycles. The summed E-state index contributed by atoms with van der Waals surface area (Å²) >= 11 is 0. The maximum Gasteiger partial charge on any atom is 0.239 e. The van der Waals surface area contributed by atoms with Crippen LogP contribution in [0.2, 0.25) is 0 Å². The van der Waals surface area contributed by atoms with E-state index in [9.17, 15) is 4.79 Å². The number of hydrogen-bond acceptors (Lipinski definition) is 6. The first-order valence-corrected chi connectivity index (χ1v) is 6.59. The number of carbonyl (C=O) groups is 1. The van der Waals surface area contributed by atoms with Crippen LogP contribution >= 0.6 is 0 Å². The Morgan fingerprint density at radius 1 is 1.40 bits per heavy atom. The molecule has 0 aromatic carbocycles. The fourth-order valence-corrected chi connectivity index (χ4v) is 1.50. The minimum atomic E-state index is -0.121. The topological polar surface area (TPSA) is 102 Å². The van der Waals surface area contributed by atoms with Gasteiger partial charge in [0.1, 0.15) is 17.5 Å². The number of anilines is 2. The molecule has 0 atom stereocenters. The first-order chi connectivity index (χ1) is 9.45. The average Bonchev–Trinajstić information content (AvgIpc) is 2.40. The number of nitrogens with one attached hydrogen (secondary N) is 2. The Hall–Kier alpha value is -1.89. The Kier molecular flexibility index (Phi) is 6.17. The van der Waals surface area contributed by atoms with Gasteiger partial charge >= 0.3 is 0 Å². The van der Waals surface area contributed by atoms with Crippen LogP contribution in [0.25, 0.3) is 0 Å². The number of nitrogens with zero attached hydrogens (tertiary/aromatic N) is 2. The number of nitrogens with two attached hydrogens (primary N) is 1. The smallest absolute Gasteiger partial charge is 0.239 e. The number of aromatic nitrogens is 2. The summed E-state index contributed by atoms with van der Waals surface area (Å²) in [5.41, 5.74) is 6.60. The summed E-state index contributed by atoms with van der Waals surface area (Å²) in [5.74, 6) is 1.75. The SMILES string of the molecule is COCCNC(=O)CNc1nc(C(C)C)nc(N)c1C. The summed E-state index contributed by atoms with van der Waals surface area (Å²) in [5, 5.41) is 5.72. The predicted molar refractivity (Wildman–Crippen MR) is 78.6 cm³/mol. The van der Waals surface area contributed by atoms with E-state index in [1.807, 2.05) is 20.8 Å². The van der Waals surface area contributed by atoms with Gasteiger partial charge < -0.3 is 21.1 Å². The van der Waals surface area contributed by atoms with Crippen molar-refractivity contribution < 1.29 is 9.53 Å². The van der Waals surface area contributed by atoms with Gasteiger partial charge in [-0.2, -0.15) is 0 Å². The molecular formula is C13H23N5O2. The molecule has 20 heavy (non-hydrogen) atoms. The maximum absolute atomic E-state index is 11.6. The molecule has 0 aliphatic carbocycles. The first-order valence-electron chi connectivity index (χ1n) is 6.59. The highest BCUT2D eigenvalue weighted by molar-refractivity contribution is 5.80. The molecule has 0 aliphatic heterocycles. The number of hydrogen-bond donors (Lipinski definition) is 3. The predicted octanol–water partition coefficient (Wildman–Crippen LogP) is 0.665. The van der Waals surface area contributed by atoms with Crippen LogP contribution in [0.1, 0.15) is 31.2 Å². The van der Waals surface area contributed by atoms with Gasteiger partial charge in [0.15, 0.2) is 0 Å². The van der Waals surface area contributed by atoms with Crippen LogP contribution in [0, 0.1) is 6.92 Å². The number of ether oxygens (including phenoxy) is 1. The lowest BCUT2D eigenvalue weighted by Gasteiger charge is -2.13. The number of methoxy groups -OCH3 is 1. The quantitative estimate of drug-likeness (QED) is 0.635. The fourth-order valence-electron chi connectivity index (χ4n) is 1.50. The zero-order chi connectivity index (χ0) is 15.1. The van der Waals surface area contributed by atoms with E-state index in [4.69, 9.17) is 10.5 Å². The van der Waals surface area contributed by atoms with Crippen molar-refractivity contribution in [2.24, 2.45) is 0 Å². The van der Waals surface area contributed by atoms with Crippen molar-refractivity contribution in [2.45, 2.75) is 26.7 Å². The fraction of sp³-hybridized carbons (Fsp3) is 0.615. The number of nitrogen functional groups attached to an aromatic ring is 1. The molecule has 1 heterocycles. The van der Waals surface area contributed by atoms with E-state index in [1.165, 1.54) is 0 Å². The Morgan fingerprint density at radius 2 is 2.10 bits per heavy atom. The van der Waals surface area contributed by atoms with Gasteiger partial charge in [0.25, 0.3) is 0 Å². The van der Waals surface area contributed by atoms with Crippen molar-refractivity contribution in [2.75, 3.05) is 37.9 Å². The van der Waals surface area contributed by atoms with Crippen molar-refractivity contribution in [3.05, 3.63) is 11.4 Å². The first kappa shape index (κ1) is 16.2. The minimum absolute atomic E-state index is 0.121. The summed E-state index contributed by atoms with van der Waals surface area (Å²) in [6, 6.07) is 0. The lowest BCUT2D eigenvalue weighted by atomic mass is 10.2. The van der Waals surface area contributed by atoms with Gasteiger partial charge in [-0.25, -0.2) is 9.97 Å². The van der Waals surface area contributed by atoms with Crippen LogP contribution in [0.5, 0.6) is 0 Å². The average molecular weight is 281 g/mol. The Morgan fingerprint density at radius 3 is 2.70 bits per heavy atom. The van der Waals surface area contributed by atoms with E-state index in [0.717, 1.165) is 5.56 Å². The van der Waals surface area contributed by atoms with Gasteiger partial charge in [0, 0.05) is 25.1 Å². The highest BCUT2D eigenvalue weighted by Gasteiger charge is 2.11. The third-order valence-electron chi connectivity index (χ3n) is 2.76. The molecule has 0 radical (unpaired) electrons. The molecule has 0 spiro atoms. The second-order valence-corrected chi connectivity index (χ2v) is 4.79. The van der Waals surface area contributed by atoms with Crippen LogP contribution in [0.3, 0.4) is 0 Å². The van der Waals surface area contributed by atoms with E-state index >= 15 is 0 Å². The van der Waals surface area contributed by atoms with Gasteiger partial charge in [0.2, 0.25) is 5.91 Å². The molecule has 7 heteroatoms. The van der Waals surface area contributed by atoms with Gasteiger partial charge in [-0.3, -0.25) is 4.79 Å². The molecular weight excluding hydrogens is 258 g/mol. The van der Waals surface area contributed by atoms with Crippen LogP contribution < -0.4 is 16.4 Å². The summed E-state index contributed by atoms with van der Waals surface area (Å²) in [6.07, 6.45) is 0. The Bertz CT molecular complexity index is 462. The zero-order valence-electron chi connectivity index (χ0n) is 12.5. The monoisotopic (exact) mass is 281 g/mol. The third-order valence-corrected chi connectivity index (χ3v) is 2.76. The van der Waals surface area contributed by atoms with Gasteiger partial charge in [0.05, 0.1) is 13.2 Å². The maximum atomic E-state index is 11.6. The molecule has 0 saturated heterocycles. The molecule has 7 nitrogen and oxygen atoms in total. The summed E-state index contributed by atoms with van der Waals surface area (Å²) in [4.78, 5) is 20.2. The second kappa shape index (κ2) is 7.64. The van der Waals surface area contributed by atoms with E-state index in [0.29, 0.717) is 30.6 Å². The van der Waals surface area contributed by atoms with Crippen molar-refractivity contribution in [1.29, 1.82) is 0 Å². The highest BCUT2D eigenvalue weighted by atomic mass is 16.5. The highest BCUT2D eigenvalue weighted by Crippen LogP contribution is 2.20. The molecule has 0 saturated carbocycles. The Balaban J connectivity index is 2.65. The molecule has 0 bridgehead atoms. The van der Waals surface area contributed by atoms with E-state index < -0.39 is 0 Å². The molecule has 1 aromatic rings. The number of carbonyl (C=O) groups excluding carboxylic acids is 1. The van der Waals surface area contributed by atoms with E-state index in [1.54, 1.807) is 7.11 Å². The van der Waals surface area contributed by atoms with Crippen molar-refractivity contribution in [3.8, 4) is 0 Å². The molecule has 1 amide bonds. The largest absolute Gasteiger partial charge is 0.383 e. The summed E-state index contributed by atoms with van der Waals surface area (Å²) < 4.78 is 4.86. The molecule has 0 aliphatic rings. The lowest BCUT2D eigenvalue weighted by molar-refractivity contribution is -0.119. The summed E-state index contributed by atoms with van der Waals surface area (Å²) in [7, 11) is 1.59. The molecule has 0 unspecified atom stereocenters. The lowest BCUT2D eigenvalue weighted by Crippen LogP contribution is -2.32. The van der Waals surface area contributed by atoms with E-state index in [-0.39, 0.29) is 18.4 Å². The van der Waals surface area contributed by atoms with E-state index in [2.05, 4.69) is 20.6 Å². The van der Waals surface area contributed by atoms with Gasteiger partial charge in [-0.1, -0.05) is 13.8 Å². The zero-order valence-corrected chi connectivity index (χ0v) is 12.5.